The standard InChI is InChI=1S/C21H29N9O2/c1-6-14-11-29(21(31)24-15-7-8-16(28(4)5)23-12(15)2)9-10-30(14)19-18-17(13(3)27-32-18)25-20(22)26-19/h7-8,14H,6,9-11H2,1-5H3,(H,24,31)(H2,22,25,26)/t14-/m0/s1. The first kappa shape index (κ1) is 21.6. The number of aryl methyl sites for hydroxylation is 2. The van der Waals surface area contributed by atoms with Gasteiger partial charge in [-0.05, 0) is 32.4 Å². The van der Waals surface area contributed by atoms with Crippen LogP contribution < -0.4 is 20.9 Å². The van der Waals surface area contributed by atoms with Gasteiger partial charge >= 0.3 is 6.03 Å². The number of urea groups is 1. The minimum absolute atomic E-state index is 0.0488. The monoisotopic (exact) mass is 439 g/mol. The van der Waals surface area contributed by atoms with E-state index in [9.17, 15) is 4.79 Å². The lowest BCUT2D eigenvalue weighted by atomic mass is 10.1. The Morgan fingerprint density at radius 2 is 2.00 bits per heavy atom. The van der Waals surface area contributed by atoms with Gasteiger partial charge in [-0.3, -0.25) is 0 Å². The molecule has 4 rings (SSSR count). The SMILES string of the molecule is CC[C@H]1CN(C(=O)Nc2ccc(N(C)C)nc2C)CCN1c1nc(N)nc2c(C)noc12. The van der Waals surface area contributed by atoms with Gasteiger partial charge in [0.05, 0.1) is 11.4 Å². The molecule has 11 heteroatoms. The summed E-state index contributed by atoms with van der Waals surface area (Å²) in [6.07, 6.45) is 0.820. The van der Waals surface area contributed by atoms with E-state index in [0.717, 1.165) is 17.9 Å². The van der Waals surface area contributed by atoms with Crippen LogP contribution in [0.4, 0.5) is 28.1 Å². The van der Waals surface area contributed by atoms with Crippen molar-refractivity contribution < 1.29 is 9.32 Å². The topological polar surface area (TPSA) is 130 Å². The average molecular weight is 440 g/mol. The molecule has 2 amide bonds. The van der Waals surface area contributed by atoms with E-state index in [0.29, 0.717) is 47.9 Å². The normalized spacial score (nSPS) is 16.5. The highest BCUT2D eigenvalue weighted by atomic mass is 16.5. The first-order chi connectivity index (χ1) is 15.3. The largest absolute Gasteiger partial charge is 0.368 e. The second-order valence-corrected chi connectivity index (χ2v) is 8.18. The molecular weight excluding hydrogens is 410 g/mol. The number of aromatic nitrogens is 4. The number of carbonyl (C=O) groups is 1. The van der Waals surface area contributed by atoms with Gasteiger partial charge in [-0.1, -0.05) is 12.1 Å². The number of carbonyl (C=O) groups excluding carboxylic acids is 1. The van der Waals surface area contributed by atoms with Crippen molar-refractivity contribution in [1.29, 1.82) is 0 Å². The fourth-order valence-electron chi connectivity index (χ4n) is 3.93. The molecule has 1 fully saturated rings. The summed E-state index contributed by atoms with van der Waals surface area (Å²) in [6.45, 7) is 7.46. The highest BCUT2D eigenvalue weighted by Crippen LogP contribution is 2.30. The molecule has 1 aliphatic rings. The van der Waals surface area contributed by atoms with Crippen LogP contribution in [0.5, 0.6) is 0 Å². The van der Waals surface area contributed by atoms with E-state index in [4.69, 9.17) is 10.3 Å². The summed E-state index contributed by atoms with van der Waals surface area (Å²) < 4.78 is 5.50. The number of nitrogens with zero attached hydrogens (tertiary/aromatic N) is 7. The molecule has 0 aromatic carbocycles. The van der Waals surface area contributed by atoms with Crippen LogP contribution >= 0.6 is 0 Å². The molecule has 3 aromatic rings. The summed E-state index contributed by atoms with van der Waals surface area (Å²) >= 11 is 0. The molecule has 3 N–H and O–H groups in total. The van der Waals surface area contributed by atoms with Gasteiger partial charge in [-0.25, -0.2) is 14.8 Å². The lowest BCUT2D eigenvalue weighted by Crippen LogP contribution is -2.56. The second kappa shape index (κ2) is 8.48. The van der Waals surface area contributed by atoms with E-state index < -0.39 is 0 Å². The van der Waals surface area contributed by atoms with Crippen molar-refractivity contribution in [1.82, 2.24) is 25.0 Å². The van der Waals surface area contributed by atoms with Crippen molar-refractivity contribution in [2.75, 3.05) is 54.6 Å². The van der Waals surface area contributed by atoms with Gasteiger partial charge in [0, 0.05) is 39.8 Å². The number of pyridine rings is 1. The molecule has 1 saturated heterocycles. The number of hydrogen-bond donors (Lipinski definition) is 2. The summed E-state index contributed by atoms with van der Waals surface area (Å²) in [5, 5.41) is 7.02. The quantitative estimate of drug-likeness (QED) is 0.629. The molecule has 4 heterocycles. The van der Waals surface area contributed by atoms with Crippen LogP contribution in [-0.2, 0) is 0 Å². The molecule has 0 aliphatic carbocycles. The summed E-state index contributed by atoms with van der Waals surface area (Å²) in [4.78, 5) is 32.1. The number of piperazine rings is 1. The Bertz CT molecular complexity index is 1140. The van der Waals surface area contributed by atoms with Crippen LogP contribution in [0.25, 0.3) is 11.1 Å². The van der Waals surface area contributed by atoms with Crippen molar-refractivity contribution >= 4 is 40.4 Å². The maximum Gasteiger partial charge on any atom is 0.322 e. The first-order valence-electron chi connectivity index (χ1n) is 10.7. The Morgan fingerprint density at radius 3 is 2.69 bits per heavy atom. The molecule has 0 radical (unpaired) electrons. The lowest BCUT2D eigenvalue weighted by molar-refractivity contribution is 0.197. The number of nitrogens with two attached hydrogens (primary N) is 1. The van der Waals surface area contributed by atoms with Crippen molar-refractivity contribution in [3.63, 3.8) is 0 Å². The Labute approximate surface area is 186 Å². The third-order valence-corrected chi connectivity index (χ3v) is 5.77. The number of hydrogen-bond acceptors (Lipinski definition) is 9. The molecule has 0 saturated carbocycles. The van der Waals surface area contributed by atoms with Gasteiger partial charge in [0.1, 0.15) is 17.0 Å². The Morgan fingerprint density at radius 1 is 1.22 bits per heavy atom. The van der Waals surface area contributed by atoms with E-state index in [-0.39, 0.29) is 18.0 Å². The van der Waals surface area contributed by atoms with E-state index >= 15 is 0 Å². The minimum atomic E-state index is -0.145. The zero-order valence-corrected chi connectivity index (χ0v) is 19.1. The van der Waals surface area contributed by atoms with Gasteiger partial charge in [0.25, 0.3) is 0 Å². The fourth-order valence-corrected chi connectivity index (χ4v) is 3.93. The molecular formula is C21H29N9O2. The van der Waals surface area contributed by atoms with Gasteiger partial charge in [-0.15, -0.1) is 0 Å². The Hall–Kier alpha value is -3.63. The zero-order valence-electron chi connectivity index (χ0n) is 19.1. The van der Waals surface area contributed by atoms with Gasteiger partial charge < -0.3 is 30.3 Å². The van der Waals surface area contributed by atoms with E-state index in [1.165, 1.54) is 0 Å². The van der Waals surface area contributed by atoms with Crippen molar-refractivity contribution in [3.05, 3.63) is 23.5 Å². The van der Waals surface area contributed by atoms with E-state index in [2.05, 4.69) is 37.2 Å². The number of fused-ring (bicyclic) bond motifs is 1. The summed E-state index contributed by atoms with van der Waals surface area (Å²) in [5.74, 6) is 1.65. The zero-order chi connectivity index (χ0) is 23.0. The molecule has 32 heavy (non-hydrogen) atoms. The Kier molecular flexibility index (Phi) is 5.72. The smallest absolute Gasteiger partial charge is 0.322 e. The average Bonchev–Trinajstić information content (AvgIpc) is 3.14. The van der Waals surface area contributed by atoms with Crippen molar-refractivity contribution in [2.45, 2.75) is 33.2 Å². The predicted octanol–water partition coefficient (Wildman–Crippen LogP) is 2.41. The van der Waals surface area contributed by atoms with Crippen LogP contribution in [0.15, 0.2) is 16.7 Å². The van der Waals surface area contributed by atoms with Gasteiger partial charge in [0.15, 0.2) is 5.82 Å². The second-order valence-electron chi connectivity index (χ2n) is 8.18. The minimum Gasteiger partial charge on any atom is -0.368 e. The van der Waals surface area contributed by atoms with Crippen molar-refractivity contribution in [2.24, 2.45) is 0 Å². The third-order valence-electron chi connectivity index (χ3n) is 5.77. The number of anilines is 4. The number of rotatable bonds is 4. The maximum absolute atomic E-state index is 13.0. The molecule has 3 aromatic heterocycles. The van der Waals surface area contributed by atoms with E-state index in [1.807, 2.05) is 49.9 Å². The van der Waals surface area contributed by atoms with Crippen LogP contribution in [0, 0.1) is 13.8 Å². The molecule has 170 valence electrons. The van der Waals surface area contributed by atoms with Crippen LogP contribution in [0.1, 0.15) is 24.7 Å². The highest BCUT2D eigenvalue weighted by molar-refractivity contribution is 5.91. The third kappa shape index (κ3) is 3.97. The van der Waals surface area contributed by atoms with E-state index in [1.54, 1.807) is 0 Å². The first-order valence-corrected chi connectivity index (χ1v) is 10.7. The summed E-state index contributed by atoms with van der Waals surface area (Å²) in [7, 11) is 3.87. The van der Waals surface area contributed by atoms with Crippen LogP contribution in [0.3, 0.4) is 0 Å². The molecule has 0 spiro atoms. The van der Waals surface area contributed by atoms with Gasteiger partial charge in [0.2, 0.25) is 11.5 Å². The highest BCUT2D eigenvalue weighted by Gasteiger charge is 2.32. The maximum atomic E-state index is 13.0. The molecule has 0 unspecified atom stereocenters. The van der Waals surface area contributed by atoms with Crippen molar-refractivity contribution in [3.8, 4) is 0 Å². The van der Waals surface area contributed by atoms with Crippen LogP contribution in [-0.4, -0.2) is 70.8 Å². The molecule has 0 bridgehead atoms. The lowest BCUT2D eigenvalue weighted by Gasteiger charge is -2.41. The predicted molar refractivity (Wildman–Crippen MR) is 124 cm³/mol. The molecule has 1 atom stereocenters. The molecule has 11 nitrogen and oxygen atoms in total. The number of nitrogens with one attached hydrogen (secondary N) is 1. The summed E-state index contributed by atoms with van der Waals surface area (Å²) in [6, 6.07) is 3.68. The Balaban J connectivity index is 1.51. The molecule has 1 aliphatic heterocycles. The van der Waals surface area contributed by atoms with Gasteiger partial charge in [-0.2, -0.15) is 4.98 Å². The number of nitrogen functional groups attached to an aromatic ring is 1. The fraction of sp³-hybridized carbons (Fsp3) is 0.476. The number of amides is 2. The summed E-state index contributed by atoms with van der Waals surface area (Å²) in [5.41, 5.74) is 9.24. The van der Waals surface area contributed by atoms with Crippen LogP contribution in [0.2, 0.25) is 0 Å².